The maximum atomic E-state index is 13.6. The van der Waals surface area contributed by atoms with Crippen molar-refractivity contribution in [1.29, 1.82) is 0 Å². The molecule has 1 heterocycles. The third-order valence-electron chi connectivity index (χ3n) is 7.12. The number of carbonyl (C=O) groups excluding carboxylic acids is 3. The summed E-state index contributed by atoms with van der Waals surface area (Å²) in [6, 6.07) is 18.3. The molecule has 0 bridgehead atoms. The molecule has 0 spiro atoms. The first kappa shape index (κ1) is 29.6. The van der Waals surface area contributed by atoms with Crippen molar-refractivity contribution in [1.82, 2.24) is 0 Å². The number of ketones is 1. The number of aryl methyl sites for hydroxylation is 1. The van der Waals surface area contributed by atoms with Crippen LogP contribution < -0.4 is 9.64 Å². The Labute approximate surface area is 241 Å². The van der Waals surface area contributed by atoms with Crippen LogP contribution in [0.25, 0.3) is 5.76 Å². The van der Waals surface area contributed by atoms with E-state index in [-0.39, 0.29) is 16.7 Å². The van der Waals surface area contributed by atoms with E-state index in [1.165, 1.54) is 12.0 Å². The topological polar surface area (TPSA) is 93.1 Å². The second kappa shape index (κ2) is 11.6. The molecule has 1 fully saturated rings. The Morgan fingerprint density at radius 2 is 1.56 bits per heavy atom. The molecule has 1 unspecified atom stereocenters. The van der Waals surface area contributed by atoms with Gasteiger partial charge in [0.25, 0.3) is 11.7 Å². The highest BCUT2D eigenvalue weighted by Crippen LogP contribution is 2.43. The van der Waals surface area contributed by atoms with E-state index in [1.54, 1.807) is 42.5 Å². The fourth-order valence-corrected chi connectivity index (χ4v) is 4.83. The van der Waals surface area contributed by atoms with Gasteiger partial charge >= 0.3 is 5.97 Å². The number of hydrogen-bond donors (Lipinski definition) is 1. The Morgan fingerprint density at radius 1 is 0.951 bits per heavy atom. The minimum absolute atomic E-state index is 0.00852. The quantitative estimate of drug-likeness (QED) is 0.150. The Morgan fingerprint density at radius 3 is 2.10 bits per heavy atom. The zero-order valence-corrected chi connectivity index (χ0v) is 24.6. The molecule has 1 aliphatic rings. The molecule has 7 nitrogen and oxygen atoms in total. The Kier molecular flexibility index (Phi) is 8.38. The molecular formula is C34H37NO6. The minimum atomic E-state index is -0.884. The van der Waals surface area contributed by atoms with Crippen LogP contribution in [0.3, 0.4) is 0 Å². The van der Waals surface area contributed by atoms with Gasteiger partial charge in [0.05, 0.1) is 30.9 Å². The first-order valence-electron chi connectivity index (χ1n) is 13.7. The number of hydrogen-bond acceptors (Lipinski definition) is 6. The number of amides is 1. The summed E-state index contributed by atoms with van der Waals surface area (Å²) in [6.45, 7) is 12.9. The number of rotatable bonds is 7. The number of ether oxygens (including phenoxy) is 2. The van der Waals surface area contributed by atoms with E-state index in [9.17, 15) is 19.5 Å². The SMILES string of the molecule is COC(=O)c1ccc(N2C(=O)C(=O)/C(=C(\O)c3ccc(OCC(C)C)c(C)c3)C2c2ccc(C(C)(C)C)cc2)cc1. The maximum Gasteiger partial charge on any atom is 0.337 e. The lowest BCUT2D eigenvalue weighted by Gasteiger charge is -2.27. The normalized spacial score (nSPS) is 16.8. The summed E-state index contributed by atoms with van der Waals surface area (Å²) in [5.74, 6) is -1.29. The van der Waals surface area contributed by atoms with Crippen LogP contribution >= 0.6 is 0 Å². The van der Waals surface area contributed by atoms with Gasteiger partial charge in [-0.15, -0.1) is 0 Å². The van der Waals surface area contributed by atoms with Crippen LogP contribution in [0.2, 0.25) is 0 Å². The van der Waals surface area contributed by atoms with Gasteiger partial charge in [-0.1, -0.05) is 58.9 Å². The highest BCUT2D eigenvalue weighted by molar-refractivity contribution is 6.51. The maximum absolute atomic E-state index is 13.6. The Balaban J connectivity index is 1.85. The third-order valence-corrected chi connectivity index (χ3v) is 7.12. The lowest BCUT2D eigenvalue weighted by molar-refractivity contribution is -0.132. The van der Waals surface area contributed by atoms with Crippen LogP contribution in [-0.2, 0) is 19.7 Å². The number of benzene rings is 3. The van der Waals surface area contributed by atoms with Crippen molar-refractivity contribution in [2.24, 2.45) is 5.92 Å². The van der Waals surface area contributed by atoms with E-state index in [1.807, 2.05) is 31.2 Å². The molecule has 3 aromatic carbocycles. The predicted molar refractivity (Wildman–Crippen MR) is 159 cm³/mol. The standard InChI is InChI=1S/C34H37NO6/c1-20(2)19-41-27-17-12-24(18-21(27)3)30(36)28-29(22-8-13-25(14-9-22)34(4,5)6)35(32(38)31(28)37)26-15-10-23(11-16-26)33(39)40-7/h8-18,20,29,36H,19H2,1-7H3/b30-28-. The summed E-state index contributed by atoms with van der Waals surface area (Å²) in [4.78, 5) is 40.4. The molecule has 4 rings (SSSR count). The van der Waals surface area contributed by atoms with E-state index in [2.05, 4.69) is 34.6 Å². The van der Waals surface area contributed by atoms with Gasteiger partial charge in [-0.05, 0) is 77.4 Å². The fourth-order valence-electron chi connectivity index (χ4n) is 4.83. The second-order valence-electron chi connectivity index (χ2n) is 11.8. The summed E-state index contributed by atoms with van der Waals surface area (Å²) in [6.07, 6.45) is 0. The summed E-state index contributed by atoms with van der Waals surface area (Å²) in [5, 5.41) is 11.5. The number of esters is 1. The van der Waals surface area contributed by atoms with E-state index in [4.69, 9.17) is 9.47 Å². The first-order valence-corrected chi connectivity index (χ1v) is 13.7. The monoisotopic (exact) mass is 555 g/mol. The van der Waals surface area contributed by atoms with Gasteiger partial charge in [0.1, 0.15) is 11.5 Å². The van der Waals surface area contributed by atoms with Crippen molar-refractivity contribution < 1.29 is 29.0 Å². The molecule has 0 aromatic heterocycles. The van der Waals surface area contributed by atoms with Gasteiger partial charge in [-0.2, -0.15) is 0 Å². The molecule has 7 heteroatoms. The smallest absolute Gasteiger partial charge is 0.337 e. The van der Waals surface area contributed by atoms with Crippen LogP contribution in [0.15, 0.2) is 72.3 Å². The Bertz CT molecular complexity index is 1490. The number of methoxy groups -OCH3 is 1. The van der Waals surface area contributed by atoms with Gasteiger partial charge in [0, 0.05) is 11.3 Å². The summed E-state index contributed by atoms with van der Waals surface area (Å²) in [7, 11) is 1.29. The molecule has 1 N–H and O–H groups in total. The van der Waals surface area contributed by atoms with Crippen LogP contribution in [0.1, 0.15) is 73.3 Å². The van der Waals surface area contributed by atoms with Crippen molar-refractivity contribution in [2.75, 3.05) is 18.6 Å². The van der Waals surface area contributed by atoms with Crippen molar-refractivity contribution >= 4 is 29.1 Å². The molecular weight excluding hydrogens is 518 g/mol. The first-order chi connectivity index (χ1) is 19.3. The lowest BCUT2D eigenvalue weighted by Crippen LogP contribution is -2.29. The van der Waals surface area contributed by atoms with Crippen LogP contribution in [-0.4, -0.2) is 36.5 Å². The zero-order chi connectivity index (χ0) is 30.1. The van der Waals surface area contributed by atoms with Gasteiger partial charge in [-0.3, -0.25) is 14.5 Å². The number of carbonyl (C=O) groups is 3. The summed E-state index contributed by atoms with van der Waals surface area (Å²) < 4.78 is 10.7. The van der Waals surface area contributed by atoms with Crippen LogP contribution in [0.4, 0.5) is 5.69 Å². The van der Waals surface area contributed by atoms with Crippen molar-refractivity contribution in [3.8, 4) is 5.75 Å². The lowest BCUT2D eigenvalue weighted by atomic mass is 9.85. The summed E-state index contributed by atoms with van der Waals surface area (Å²) in [5.41, 5.74) is 3.60. The molecule has 1 aliphatic heterocycles. The average Bonchev–Trinajstić information content (AvgIpc) is 3.21. The molecule has 3 aromatic rings. The van der Waals surface area contributed by atoms with E-state index < -0.39 is 23.7 Å². The van der Waals surface area contributed by atoms with Gasteiger partial charge in [0.15, 0.2) is 0 Å². The highest BCUT2D eigenvalue weighted by atomic mass is 16.5. The molecule has 0 saturated carbocycles. The van der Waals surface area contributed by atoms with Crippen LogP contribution in [0.5, 0.6) is 5.75 Å². The molecule has 214 valence electrons. The van der Waals surface area contributed by atoms with E-state index in [0.29, 0.717) is 40.7 Å². The molecule has 1 saturated heterocycles. The van der Waals surface area contributed by atoms with E-state index >= 15 is 0 Å². The van der Waals surface area contributed by atoms with Crippen molar-refractivity contribution in [3.05, 3.63) is 100 Å². The van der Waals surface area contributed by atoms with Crippen LogP contribution in [0, 0.1) is 12.8 Å². The highest BCUT2D eigenvalue weighted by Gasteiger charge is 2.47. The number of anilines is 1. The third kappa shape index (κ3) is 6.04. The zero-order valence-electron chi connectivity index (χ0n) is 24.6. The number of aliphatic hydroxyl groups is 1. The number of aliphatic hydroxyl groups excluding tert-OH is 1. The number of Topliss-reactive ketones (excluding diaryl/α,β-unsaturated/α-hetero) is 1. The van der Waals surface area contributed by atoms with Gasteiger partial charge in [0.2, 0.25) is 0 Å². The molecule has 0 radical (unpaired) electrons. The summed E-state index contributed by atoms with van der Waals surface area (Å²) >= 11 is 0. The van der Waals surface area contributed by atoms with Crippen molar-refractivity contribution in [3.63, 3.8) is 0 Å². The molecule has 41 heavy (non-hydrogen) atoms. The van der Waals surface area contributed by atoms with Gasteiger partial charge < -0.3 is 14.6 Å². The van der Waals surface area contributed by atoms with E-state index in [0.717, 1.165) is 11.1 Å². The number of nitrogens with zero attached hydrogens (tertiary/aromatic N) is 1. The largest absolute Gasteiger partial charge is 0.507 e. The average molecular weight is 556 g/mol. The fraction of sp³-hybridized carbons (Fsp3) is 0.324. The van der Waals surface area contributed by atoms with Crippen molar-refractivity contribution in [2.45, 2.75) is 53.0 Å². The predicted octanol–water partition coefficient (Wildman–Crippen LogP) is 6.74. The minimum Gasteiger partial charge on any atom is -0.507 e. The Hall–Kier alpha value is -4.39. The molecule has 1 atom stereocenters. The second-order valence-corrected chi connectivity index (χ2v) is 11.8. The molecule has 0 aliphatic carbocycles. The molecule has 1 amide bonds. The van der Waals surface area contributed by atoms with Gasteiger partial charge in [-0.25, -0.2) is 4.79 Å².